The lowest BCUT2D eigenvalue weighted by Gasteiger charge is -2.47. The van der Waals surface area contributed by atoms with Crippen LogP contribution in [0.2, 0.25) is 0 Å². The lowest BCUT2D eigenvalue weighted by molar-refractivity contribution is -0.124. The van der Waals surface area contributed by atoms with Gasteiger partial charge in [0.15, 0.2) is 6.29 Å². The average molecular weight is 401 g/mol. The summed E-state index contributed by atoms with van der Waals surface area (Å²) in [5.74, 6) is 2.88. The minimum atomic E-state index is 0.0192. The maximum Gasteiger partial charge on any atom is 0.158 e. The summed E-state index contributed by atoms with van der Waals surface area (Å²) >= 11 is 0. The van der Waals surface area contributed by atoms with E-state index >= 15 is 0 Å². The molecule has 3 aliphatic rings. The van der Waals surface area contributed by atoms with Gasteiger partial charge in [0.1, 0.15) is 6.79 Å². The Hall–Kier alpha value is -1.20. The zero-order valence-electron chi connectivity index (χ0n) is 17.7. The number of fused-ring (bicyclic) bond motifs is 1. The maximum absolute atomic E-state index is 6.10. The highest BCUT2D eigenvalue weighted by atomic mass is 16.7. The van der Waals surface area contributed by atoms with Crippen molar-refractivity contribution < 1.29 is 18.9 Å². The van der Waals surface area contributed by atoms with E-state index in [-0.39, 0.29) is 6.29 Å². The molecule has 160 valence electrons. The smallest absolute Gasteiger partial charge is 0.158 e. The van der Waals surface area contributed by atoms with Crippen molar-refractivity contribution in [2.24, 2.45) is 23.7 Å². The Balaban J connectivity index is 1.24. The van der Waals surface area contributed by atoms with Crippen molar-refractivity contribution in [1.82, 2.24) is 0 Å². The number of hydrogen-bond acceptors (Lipinski definition) is 4. The van der Waals surface area contributed by atoms with E-state index in [4.69, 9.17) is 18.9 Å². The summed E-state index contributed by atoms with van der Waals surface area (Å²) in [5.41, 5.74) is 1.20. The Morgan fingerprint density at radius 1 is 1.03 bits per heavy atom. The highest BCUT2D eigenvalue weighted by molar-refractivity contribution is 5.13. The lowest BCUT2D eigenvalue weighted by atomic mass is 9.60. The van der Waals surface area contributed by atoms with E-state index in [2.05, 4.69) is 31.2 Å². The highest BCUT2D eigenvalue weighted by Crippen LogP contribution is 2.49. The van der Waals surface area contributed by atoms with E-state index in [0.717, 1.165) is 37.9 Å². The highest BCUT2D eigenvalue weighted by Gasteiger charge is 2.42. The Kier molecular flexibility index (Phi) is 7.78. The molecule has 1 aromatic carbocycles. The SMILES string of the molecule is C/C=C\[C@H]1[C@H](CC2OCCO2)CC[C@H]2C[C@@H](OCOCc3ccccc3)CC[C@@H]21. The van der Waals surface area contributed by atoms with Crippen LogP contribution < -0.4 is 0 Å². The summed E-state index contributed by atoms with van der Waals surface area (Å²) in [6.45, 7) is 4.68. The molecule has 0 radical (unpaired) electrons. The summed E-state index contributed by atoms with van der Waals surface area (Å²) < 4.78 is 23.3. The van der Waals surface area contributed by atoms with Crippen molar-refractivity contribution in [3.63, 3.8) is 0 Å². The monoisotopic (exact) mass is 400 g/mol. The van der Waals surface area contributed by atoms with Crippen LogP contribution in [0, 0.1) is 23.7 Å². The molecule has 0 N–H and O–H groups in total. The van der Waals surface area contributed by atoms with Crippen LogP contribution in [-0.4, -0.2) is 32.4 Å². The molecule has 0 spiro atoms. The van der Waals surface area contributed by atoms with Crippen LogP contribution in [0.25, 0.3) is 0 Å². The minimum Gasteiger partial charge on any atom is -0.352 e. The predicted octanol–water partition coefficient (Wildman–Crippen LogP) is 5.33. The molecule has 2 aliphatic carbocycles. The van der Waals surface area contributed by atoms with Crippen molar-refractivity contribution in [3.8, 4) is 0 Å². The molecule has 4 heteroatoms. The average Bonchev–Trinajstić information content (AvgIpc) is 3.27. The van der Waals surface area contributed by atoms with Gasteiger partial charge in [0.25, 0.3) is 0 Å². The van der Waals surface area contributed by atoms with E-state index in [0.29, 0.717) is 31.3 Å². The van der Waals surface area contributed by atoms with Crippen molar-refractivity contribution in [2.75, 3.05) is 20.0 Å². The largest absolute Gasteiger partial charge is 0.352 e. The first kappa shape index (κ1) is 21.0. The van der Waals surface area contributed by atoms with Gasteiger partial charge in [0.05, 0.1) is 25.9 Å². The molecule has 3 fully saturated rings. The van der Waals surface area contributed by atoms with Gasteiger partial charge in [-0.05, 0) is 68.3 Å². The third kappa shape index (κ3) is 5.69. The maximum atomic E-state index is 6.10. The van der Waals surface area contributed by atoms with Gasteiger partial charge in [0, 0.05) is 6.42 Å². The fourth-order valence-electron chi connectivity index (χ4n) is 5.67. The molecule has 1 heterocycles. The van der Waals surface area contributed by atoms with E-state index in [1.165, 1.54) is 31.2 Å². The second kappa shape index (κ2) is 10.7. The Bertz CT molecular complexity index is 625. The number of benzene rings is 1. The van der Waals surface area contributed by atoms with Crippen molar-refractivity contribution in [1.29, 1.82) is 0 Å². The van der Waals surface area contributed by atoms with Crippen LogP contribution in [0.4, 0.5) is 0 Å². The molecule has 0 amide bonds. The summed E-state index contributed by atoms with van der Waals surface area (Å²) in [6, 6.07) is 10.3. The first-order valence-corrected chi connectivity index (χ1v) is 11.4. The minimum absolute atomic E-state index is 0.0192. The second-order valence-electron chi connectivity index (χ2n) is 8.82. The number of rotatable bonds is 8. The summed E-state index contributed by atoms with van der Waals surface area (Å²) in [4.78, 5) is 0. The number of allylic oxidation sites excluding steroid dienone is 2. The Morgan fingerprint density at radius 2 is 1.86 bits per heavy atom. The fraction of sp³-hybridized carbons (Fsp3) is 0.680. The van der Waals surface area contributed by atoms with E-state index in [1.807, 2.05) is 18.2 Å². The Labute approximate surface area is 175 Å². The molecule has 1 aromatic rings. The number of ether oxygens (including phenoxy) is 4. The first-order chi connectivity index (χ1) is 14.3. The van der Waals surface area contributed by atoms with Gasteiger partial charge < -0.3 is 18.9 Å². The molecule has 0 aromatic heterocycles. The van der Waals surface area contributed by atoms with Crippen LogP contribution in [-0.2, 0) is 25.6 Å². The summed E-state index contributed by atoms with van der Waals surface area (Å²) in [5, 5.41) is 0. The second-order valence-corrected chi connectivity index (χ2v) is 8.82. The van der Waals surface area contributed by atoms with Crippen LogP contribution in [0.1, 0.15) is 51.0 Å². The van der Waals surface area contributed by atoms with Gasteiger partial charge in [-0.25, -0.2) is 0 Å². The van der Waals surface area contributed by atoms with Crippen LogP contribution in [0.3, 0.4) is 0 Å². The van der Waals surface area contributed by atoms with Gasteiger partial charge in [-0.3, -0.25) is 0 Å². The van der Waals surface area contributed by atoms with Gasteiger partial charge >= 0.3 is 0 Å². The van der Waals surface area contributed by atoms with Crippen LogP contribution in [0.15, 0.2) is 42.5 Å². The summed E-state index contributed by atoms with van der Waals surface area (Å²) in [6.07, 6.45) is 12.3. The topological polar surface area (TPSA) is 36.9 Å². The standard InChI is InChI=1S/C25H36O4/c1-2-6-23-21(16-25-27-13-14-28-25)10-9-20-15-22(11-12-24(20)23)29-18-26-17-19-7-4-3-5-8-19/h2-8,20-25H,9-18H2,1H3/b6-2-/t20-,21-,22-,23-,24-/m0/s1. The van der Waals surface area contributed by atoms with Crippen LogP contribution >= 0.6 is 0 Å². The Morgan fingerprint density at radius 3 is 2.66 bits per heavy atom. The molecular weight excluding hydrogens is 364 g/mol. The molecule has 5 atom stereocenters. The van der Waals surface area contributed by atoms with E-state index in [9.17, 15) is 0 Å². The molecule has 1 saturated heterocycles. The van der Waals surface area contributed by atoms with Gasteiger partial charge in [-0.2, -0.15) is 0 Å². The van der Waals surface area contributed by atoms with Crippen molar-refractivity contribution in [3.05, 3.63) is 48.0 Å². The first-order valence-electron chi connectivity index (χ1n) is 11.4. The predicted molar refractivity (Wildman–Crippen MR) is 113 cm³/mol. The molecule has 29 heavy (non-hydrogen) atoms. The van der Waals surface area contributed by atoms with Crippen molar-refractivity contribution >= 4 is 0 Å². The lowest BCUT2D eigenvalue weighted by Crippen LogP contribution is -2.41. The van der Waals surface area contributed by atoms with E-state index < -0.39 is 0 Å². The van der Waals surface area contributed by atoms with E-state index in [1.54, 1.807) is 0 Å². The molecule has 4 rings (SSSR count). The van der Waals surface area contributed by atoms with Crippen molar-refractivity contribution in [2.45, 2.75) is 64.4 Å². The summed E-state index contributed by atoms with van der Waals surface area (Å²) in [7, 11) is 0. The fourth-order valence-corrected chi connectivity index (χ4v) is 5.67. The third-order valence-electron chi connectivity index (χ3n) is 7.04. The van der Waals surface area contributed by atoms with Gasteiger partial charge in [-0.1, -0.05) is 42.5 Å². The molecule has 2 saturated carbocycles. The molecule has 4 nitrogen and oxygen atoms in total. The van der Waals surface area contributed by atoms with Gasteiger partial charge in [0.2, 0.25) is 0 Å². The molecule has 0 bridgehead atoms. The van der Waals surface area contributed by atoms with Gasteiger partial charge in [-0.15, -0.1) is 0 Å². The molecular formula is C25H36O4. The van der Waals surface area contributed by atoms with Crippen LogP contribution in [0.5, 0.6) is 0 Å². The zero-order chi connectivity index (χ0) is 19.9. The number of hydrogen-bond donors (Lipinski definition) is 0. The quantitative estimate of drug-likeness (QED) is 0.336. The third-order valence-corrected chi connectivity index (χ3v) is 7.04. The molecule has 0 unspecified atom stereocenters. The zero-order valence-corrected chi connectivity index (χ0v) is 17.7. The molecule has 1 aliphatic heterocycles. The normalized spacial score (nSPS) is 33.2.